The molecule has 86 valence electrons. The molecule has 0 aromatic carbocycles. The van der Waals surface area contributed by atoms with Crippen LogP contribution in [0.4, 0.5) is 0 Å². The quantitative estimate of drug-likeness (QED) is 0.480. The van der Waals surface area contributed by atoms with E-state index in [0.717, 1.165) is 5.56 Å². The Hall–Kier alpha value is -1.07. The highest BCUT2D eigenvalue weighted by atomic mass is 79.9. The average Bonchev–Trinajstić information content (AvgIpc) is 2.38. The molecule has 0 aliphatic heterocycles. The van der Waals surface area contributed by atoms with Crippen LogP contribution in [0.15, 0.2) is 47.3 Å². The largest absolute Gasteiger partial charge is 0.291 e. The Labute approximate surface area is 116 Å². The van der Waals surface area contributed by atoms with Crippen molar-refractivity contribution >= 4 is 37.6 Å². The molecule has 3 nitrogen and oxygen atoms in total. The van der Waals surface area contributed by atoms with Crippen molar-refractivity contribution in [3.63, 3.8) is 0 Å². The first kappa shape index (κ1) is 12.4. The first-order chi connectivity index (χ1) is 8.18. The molecule has 5 heteroatoms. The molecular formula is C12H8Br2N2O. The first-order valence-corrected chi connectivity index (χ1v) is 6.60. The summed E-state index contributed by atoms with van der Waals surface area (Å²) in [6.07, 6.45) is 3.26. The van der Waals surface area contributed by atoms with Crippen molar-refractivity contribution in [1.29, 1.82) is 0 Å². The number of alkyl halides is 1. The van der Waals surface area contributed by atoms with Crippen LogP contribution in [0.25, 0.3) is 0 Å². The molecule has 2 heterocycles. The maximum atomic E-state index is 12.1. The molecule has 2 aromatic heterocycles. The summed E-state index contributed by atoms with van der Waals surface area (Å²) in [5.74, 6) is -0.0660. The topological polar surface area (TPSA) is 42.9 Å². The number of hydrogen-bond donors (Lipinski definition) is 0. The molecule has 0 radical (unpaired) electrons. The lowest BCUT2D eigenvalue weighted by molar-refractivity contribution is 0.0987. The van der Waals surface area contributed by atoms with Gasteiger partial charge in [0, 0.05) is 12.4 Å². The fourth-order valence-corrected chi connectivity index (χ4v) is 2.27. The van der Waals surface area contributed by atoms with Crippen LogP contribution < -0.4 is 0 Å². The fourth-order valence-electron chi connectivity index (χ4n) is 1.36. The Morgan fingerprint density at radius 1 is 1.18 bits per heavy atom. The van der Waals surface area contributed by atoms with Crippen LogP contribution in [-0.2, 0) is 0 Å². The third kappa shape index (κ3) is 2.98. The second-order valence-corrected chi connectivity index (χ2v) is 5.08. The van der Waals surface area contributed by atoms with E-state index in [-0.39, 0.29) is 5.78 Å². The normalized spacial score (nSPS) is 12.1. The maximum Gasteiger partial charge on any atom is 0.199 e. The number of Topliss-reactive ketones (excluding diaryl/α,β-unsaturated/α-hetero) is 1. The molecule has 0 bridgehead atoms. The van der Waals surface area contributed by atoms with Crippen LogP contribution in [-0.4, -0.2) is 15.8 Å². The lowest BCUT2D eigenvalue weighted by atomic mass is 10.1. The third-order valence-corrected chi connectivity index (χ3v) is 3.57. The zero-order valence-corrected chi connectivity index (χ0v) is 11.8. The van der Waals surface area contributed by atoms with Crippen LogP contribution in [0, 0.1) is 0 Å². The van der Waals surface area contributed by atoms with Crippen molar-refractivity contribution in [3.05, 3.63) is 58.6 Å². The number of carbonyl (C=O) groups is 1. The Morgan fingerprint density at radius 2 is 2.00 bits per heavy atom. The van der Waals surface area contributed by atoms with E-state index in [1.807, 2.05) is 0 Å². The molecule has 0 N–H and O–H groups in total. The van der Waals surface area contributed by atoms with Gasteiger partial charge in [-0.05, 0) is 45.8 Å². The second kappa shape index (κ2) is 5.51. The van der Waals surface area contributed by atoms with Gasteiger partial charge in [0.1, 0.15) is 15.1 Å². The van der Waals surface area contributed by atoms with E-state index < -0.39 is 4.83 Å². The highest BCUT2D eigenvalue weighted by molar-refractivity contribution is 9.10. The van der Waals surface area contributed by atoms with Crippen molar-refractivity contribution in [3.8, 4) is 0 Å². The van der Waals surface area contributed by atoms with Gasteiger partial charge >= 0.3 is 0 Å². The molecule has 0 fully saturated rings. The summed E-state index contributed by atoms with van der Waals surface area (Å²) in [5.41, 5.74) is 1.30. The summed E-state index contributed by atoms with van der Waals surface area (Å²) in [6.45, 7) is 0. The van der Waals surface area contributed by atoms with Gasteiger partial charge in [-0.2, -0.15) is 0 Å². The fraction of sp³-hybridized carbons (Fsp3) is 0.0833. The minimum absolute atomic E-state index is 0.0660. The lowest BCUT2D eigenvalue weighted by Crippen LogP contribution is -2.08. The van der Waals surface area contributed by atoms with E-state index in [2.05, 4.69) is 41.8 Å². The van der Waals surface area contributed by atoms with E-state index in [9.17, 15) is 4.79 Å². The second-order valence-electron chi connectivity index (χ2n) is 3.35. The smallest absolute Gasteiger partial charge is 0.199 e. The molecule has 1 atom stereocenters. The molecule has 2 rings (SSSR count). The number of aromatic nitrogens is 2. The van der Waals surface area contributed by atoms with Crippen LogP contribution in [0.5, 0.6) is 0 Å². The summed E-state index contributed by atoms with van der Waals surface area (Å²) in [6, 6.07) is 8.88. The zero-order valence-electron chi connectivity index (χ0n) is 8.68. The minimum Gasteiger partial charge on any atom is -0.291 e. The van der Waals surface area contributed by atoms with Gasteiger partial charge in [-0.25, -0.2) is 4.98 Å². The molecular weight excluding hydrogens is 348 g/mol. The first-order valence-electron chi connectivity index (χ1n) is 4.89. The highest BCUT2D eigenvalue weighted by Crippen LogP contribution is 2.27. The third-order valence-electron chi connectivity index (χ3n) is 2.19. The molecule has 0 amide bonds. The maximum absolute atomic E-state index is 12.1. The van der Waals surface area contributed by atoms with Gasteiger partial charge in [0.2, 0.25) is 0 Å². The Bertz CT molecular complexity index is 531. The Kier molecular flexibility index (Phi) is 4.02. The molecule has 17 heavy (non-hydrogen) atoms. The van der Waals surface area contributed by atoms with Gasteiger partial charge in [-0.15, -0.1) is 0 Å². The molecule has 0 saturated heterocycles. The van der Waals surface area contributed by atoms with Gasteiger partial charge in [0.15, 0.2) is 5.78 Å². The molecule has 0 aliphatic carbocycles. The molecule has 0 unspecified atom stereocenters. The number of rotatable bonds is 3. The number of nitrogens with zero attached hydrogens (tertiary/aromatic N) is 2. The van der Waals surface area contributed by atoms with Crippen molar-refractivity contribution in [2.75, 3.05) is 0 Å². The Morgan fingerprint density at radius 3 is 2.65 bits per heavy atom. The van der Waals surface area contributed by atoms with Crippen LogP contribution in [0.3, 0.4) is 0 Å². The lowest BCUT2D eigenvalue weighted by Gasteiger charge is -2.08. The van der Waals surface area contributed by atoms with Gasteiger partial charge in [0.05, 0.1) is 0 Å². The van der Waals surface area contributed by atoms with Gasteiger partial charge < -0.3 is 0 Å². The van der Waals surface area contributed by atoms with Crippen LogP contribution in [0.2, 0.25) is 0 Å². The summed E-state index contributed by atoms with van der Waals surface area (Å²) in [7, 11) is 0. The summed E-state index contributed by atoms with van der Waals surface area (Å²) in [4.78, 5) is 19.8. The predicted molar refractivity (Wildman–Crippen MR) is 72.2 cm³/mol. The number of ketones is 1. The van der Waals surface area contributed by atoms with E-state index in [4.69, 9.17) is 0 Å². The molecule has 0 saturated carbocycles. The number of pyridine rings is 2. The van der Waals surface area contributed by atoms with Crippen molar-refractivity contribution in [2.45, 2.75) is 4.83 Å². The van der Waals surface area contributed by atoms with E-state index in [0.29, 0.717) is 10.3 Å². The monoisotopic (exact) mass is 354 g/mol. The standard InChI is InChI=1S/C12H8Br2N2O/c13-10-7-8(4-6-16-10)11(14)12(17)9-3-1-2-5-15-9/h1-7,11H/t11-/m0/s1. The van der Waals surface area contributed by atoms with Gasteiger partial charge in [-0.3, -0.25) is 9.78 Å². The molecule has 2 aromatic rings. The zero-order chi connectivity index (χ0) is 12.3. The number of halogens is 2. The molecule has 0 spiro atoms. The van der Waals surface area contributed by atoms with Gasteiger partial charge in [0.25, 0.3) is 0 Å². The summed E-state index contributed by atoms with van der Waals surface area (Å²) >= 11 is 6.66. The predicted octanol–water partition coefficient (Wildman–Crippen LogP) is 3.56. The van der Waals surface area contributed by atoms with E-state index in [1.54, 1.807) is 42.7 Å². The Balaban J connectivity index is 2.27. The van der Waals surface area contributed by atoms with Crippen LogP contribution in [0.1, 0.15) is 20.9 Å². The highest BCUT2D eigenvalue weighted by Gasteiger charge is 2.20. The van der Waals surface area contributed by atoms with Crippen molar-refractivity contribution in [2.24, 2.45) is 0 Å². The minimum atomic E-state index is -0.406. The van der Waals surface area contributed by atoms with E-state index in [1.165, 1.54) is 0 Å². The van der Waals surface area contributed by atoms with E-state index >= 15 is 0 Å². The molecule has 0 aliphatic rings. The summed E-state index contributed by atoms with van der Waals surface area (Å²) < 4.78 is 0.702. The van der Waals surface area contributed by atoms with Crippen LogP contribution >= 0.6 is 31.9 Å². The average molecular weight is 356 g/mol. The van der Waals surface area contributed by atoms with Crippen molar-refractivity contribution in [1.82, 2.24) is 9.97 Å². The van der Waals surface area contributed by atoms with Crippen molar-refractivity contribution < 1.29 is 4.79 Å². The van der Waals surface area contributed by atoms with Gasteiger partial charge in [-0.1, -0.05) is 22.0 Å². The number of hydrogen-bond acceptors (Lipinski definition) is 3. The summed E-state index contributed by atoms with van der Waals surface area (Å²) in [5, 5.41) is 0. The number of carbonyl (C=O) groups excluding carboxylic acids is 1. The SMILES string of the molecule is O=C(c1ccccn1)[C@@H](Br)c1ccnc(Br)c1.